The molecule has 0 saturated carbocycles. The fourth-order valence-corrected chi connectivity index (χ4v) is 3.64. The molecule has 0 spiro atoms. The van der Waals surface area contributed by atoms with Crippen LogP contribution in [0.5, 0.6) is 0 Å². The lowest BCUT2D eigenvalue weighted by Gasteiger charge is -2.44. The molecule has 2 aliphatic rings. The first-order chi connectivity index (χ1) is 9.28. The first-order valence-corrected chi connectivity index (χ1v) is 7.90. The van der Waals surface area contributed by atoms with Crippen LogP contribution in [0.3, 0.4) is 0 Å². The van der Waals surface area contributed by atoms with E-state index in [0.29, 0.717) is 12.6 Å². The number of nitrogens with zero attached hydrogens (tertiary/aromatic N) is 3. The van der Waals surface area contributed by atoms with Crippen molar-refractivity contribution in [1.82, 2.24) is 9.88 Å². The van der Waals surface area contributed by atoms with Gasteiger partial charge in [0.2, 0.25) is 0 Å². The summed E-state index contributed by atoms with van der Waals surface area (Å²) in [5.74, 6) is 1.08. The minimum Gasteiger partial charge on any atom is -0.353 e. The van der Waals surface area contributed by atoms with E-state index in [1.165, 1.54) is 25.8 Å². The molecule has 0 aliphatic carbocycles. The lowest BCUT2D eigenvalue weighted by molar-refractivity contribution is 0.133. The van der Waals surface area contributed by atoms with Gasteiger partial charge in [-0.15, -0.1) is 0 Å². The maximum absolute atomic E-state index is 5.86. The lowest BCUT2D eigenvalue weighted by Crippen LogP contribution is -2.55. The van der Waals surface area contributed by atoms with Crippen LogP contribution in [-0.4, -0.2) is 42.1 Å². The number of fused-ring (bicyclic) bond motifs is 1. The number of hydrogen-bond acceptors (Lipinski definition) is 4. The summed E-state index contributed by atoms with van der Waals surface area (Å²) in [4.78, 5) is 9.65. The highest BCUT2D eigenvalue weighted by atomic mass is 79.9. The Hall–Kier alpha value is -0.650. The topological polar surface area (TPSA) is 45.4 Å². The van der Waals surface area contributed by atoms with Crippen LogP contribution in [0, 0.1) is 0 Å². The molecule has 1 atom stereocenters. The van der Waals surface area contributed by atoms with Gasteiger partial charge in [0.15, 0.2) is 0 Å². The monoisotopic (exact) mass is 324 g/mol. The molecule has 19 heavy (non-hydrogen) atoms. The Morgan fingerprint density at radius 1 is 1.32 bits per heavy atom. The van der Waals surface area contributed by atoms with Crippen LogP contribution in [0.1, 0.15) is 24.8 Å². The van der Waals surface area contributed by atoms with Gasteiger partial charge < -0.3 is 10.6 Å². The minimum atomic E-state index is 0.548. The van der Waals surface area contributed by atoms with E-state index >= 15 is 0 Å². The zero-order chi connectivity index (χ0) is 13.2. The van der Waals surface area contributed by atoms with Crippen LogP contribution in [0.25, 0.3) is 0 Å². The number of piperazine rings is 1. The van der Waals surface area contributed by atoms with E-state index in [1.807, 2.05) is 6.20 Å². The van der Waals surface area contributed by atoms with Crippen molar-refractivity contribution in [3.63, 3.8) is 0 Å². The number of nitrogens with two attached hydrogens (primary N) is 1. The largest absolute Gasteiger partial charge is 0.353 e. The summed E-state index contributed by atoms with van der Waals surface area (Å²) in [5.41, 5.74) is 7.00. The lowest BCUT2D eigenvalue weighted by atomic mass is 9.99. The molecule has 0 amide bonds. The Balaban J connectivity index is 1.79. The highest BCUT2D eigenvalue weighted by molar-refractivity contribution is 9.10. The molecule has 1 unspecified atom stereocenters. The van der Waals surface area contributed by atoms with Gasteiger partial charge in [-0.1, -0.05) is 6.42 Å². The molecular formula is C14H21BrN4. The summed E-state index contributed by atoms with van der Waals surface area (Å²) in [6.07, 6.45) is 5.93. The molecule has 4 nitrogen and oxygen atoms in total. The SMILES string of the molecule is NCc1cc(Br)cnc1N1CCN2CCCCC2C1. The second kappa shape index (κ2) is 5.77. The molecule has 5 heteroatoms. The number of aromatic nitrogens is 1. The van der Waals surface area contributed by atoms with E-state index in [2.05, 4.69) is 36.8 Å². The van der Waals surface area contributed by atoms with Crippen LogP contribution < -0.4 is 10.6 Å². The van der Waals surface area contributed by atoms with Crippen molar-refractivity contribution in [3.05, 3.63) is 22.3 Å². The molecule has 104 valence electrons. The van der Waals surface area contributed by atoms with Crippen molar-refractivity contribution in [2.24, 2.45) is 5.73 Å². The Morgan fingerprint density at radius 3 is 3.05 bits per heavy atom. The van der Waals surface area contributed by atoms with E-state index < -0.39 is 0 Å². The van der Waals surface area contributed by atoms with Crippen molar-refractivity contribution in [2.45, 2.75) is 31.8 Å². The van der Waals surface area contributed by atoms with Crippen LogP contribution in [0.2, 0.25) is 0 Å². The van der Waals surface area contributed by atoms with E-state index in [4.69, 9.17) is 5.73 Å². The Labute approximate surface area is 123 Å². The predicted octanol–water partition coefficient (Wildman–Crippen LogP) is 1.98. The van der Waals surface area contributed by atoms with E-state index in [1.54, 1.807) is 0 Å². The average Bonchev–Trinajstić information content (AvgIpc) is 2.46. The van der Waals surface area contributed by atoms with Crippen molar-refractivity contribution in [1.29, 1.82) is 0 Å². The summed E-state index contributed by atoms with van der Waals surface area (Å²) in [6.45, 7) is 5.15. The van der Waals surface area contributed by atoms with Gasteiger partial charge in [0.05, 0.1) is 0 Å². The summed E-state index contributed by atoms with van der Waals surface area (Å²) in [5, 5.41) is 0. The molecule has 2 fully saturated rings. The summed E-state index contributed by atoms with van der Waals surface area (Å²) >= 11 is 3.47. The zero-order valence-corrected chi connectivity index (χ0v) is 12.8. The van der Waals surface area contributed by atoms with Crippen LogP contribution in [0.4, 0.5) is 5.82 Å². The predicted molar refractivity (Wildman–Crippen MR) is 81.3 cm³/mol. The van der Waals surface area contributed by atoms with Gasteiger partial charge in [-0.3, -0.25) is 4.90 Å². The number of pyridine rings is 1. The van der Waals surface area contributed by atoms with Crippen molar-refractivity contribution >= 4 is 21.7 Å². The molecule has 2 saturated heterocycles. The summed E-state index contributed by atoms with van der Waals surface area (Å²) < 4.78 is 1.01. The fraction of sp³-hybridized carbons (Fsp3) is 0.643. The number of rotatable bonds is 2. The van der Waals surface area contributed by atoms with E-state index in [9.17, 15) is 0 Å². The zero-order valence-electron chi connectivity index (χ0n) is 11.2. The van der Waals surface area contributed by atoms with Crippen LogP contribution >= 0.6 is 15.9 Å². The van der Waals surface area contributed by atoms with Crippen molar-refractivity contribution in [3.8, 4) is 0 Å². The van der Waals surface area contributed by atoms with Gasteiger partial charge in [0, 0.05) is 48.5 Å². The third-order valence-electron chi connectivity index (χ3n) is 4.27. The highest BCUT2D eigenvalue weighted by Crippen LogP contribution is 2.27. The molecule has 2 aliphatic heterocycles. The van der Waals surface area contributed by atoms with Crippen LogP contribution in [-0.2, 0) is 6.54 Å². The van der Waals surface area contributed by atoms with Gasteiger partial charge in [-0.05, 0) is 41.4 Å². The Kier molecular flexibility index (Phi) is 4.05. The van der Waals surface area contributed by atoms with Gasteiger partial charge >= 0.3 is 0 Å². The Morgan fingerprint density at radius 2 is 2.21 bits per heavy atom. The molecule has 0 aromatic carbocycles. The number of halogens is 1. The van der Waals surface area contributed by atoms with Crippen LogP contribution in [0.15, 0.2) is 16.7 Å². The first kappa shape index (κ1) is 13.3. The third-order valence-corrected chi connectivity index (χ3v) is 4.70. The highest BCUT2D eigenvalue weighted by Gasteiger charge is 2.30. The molecule has 1 aromatic heterocycles. The molecule has 0 radical (unpaired) electrons. The smallest absolute Gasteiger partial charge is 0.133 e. The summed E-state index contributed by atoms with van der Waals surface area (Å²) in [7, 11) is 0. The fourth-order valence-electron chi connectivity index (χ4n) is 3.26. The number of hydrogen-bond donors (Lipinski definition) is 1. The maximum atomic E-state index is 5.86. The Bertz CT molecular complexity index is 451. The standard InChI is InChI=1S/C14H21BrN4/c15-12-7-11(8-16)14(17-9-12)19-6-5-18-4-2-1-3-13(18)10-19/h7,9,13H,1-6,8,10,16H2. The molecule has 1 aromatic rings. The third kappa shape index (κ3) is 2.78. The van der Waals surface area contributed by atoms with Crippen molar-refractivity contribution < 1.29 is 0 Å². The second-order valence-electron chi connectivity index (χ2n) is 5.47. The molecular weight excluding hydrogens is 304 g/mol. The molecule has 2 N–H and O–H groups in total. The molecule has 3 rings (SSSR count). The van der Waals surface area contributed by atoms with Gasteiger partial charge in [0.25, 0.3) is 0 Å². The second-order valence-corrected chi connectivity index (χ2v) is 6.39. The first-order valence-electron chi connectivity index (χ1n) is 7.11. The molecule has 0 bridgehead atoms. The summed E-state index contributed by atoms with van der Waals surface area (Å²) in [6, 6.07) is 2.80. The molecule has 3 heterocycles. The minimum absolute atomic E-state index is 0.548. The van der Waals surface area contributed by atoms with E-state index in [0.717, 1.165) is 35.5 Å². The van der Waals surface area contributed by atoms with Crippen molar-refractivity contribution in [2.75, 3.05) is 31.1 Å². The normalized spacial score (nSPS) is 24.3. The number of piperidine rings is 1. The quantitative estimate of drug-likeness (QED) is 0.903. The van der Waals surface area contributed by atoms with Gasteiger partial charge in [-0.25, -0.2) is 4.98 Å². The van der Waals surface area contributed by atoms with Gasteiger partial charge in [-0.2, -0.15) is 0 Å². The maximum Gasteiger partial charge on any atom is 0.133 e. The number of anilines is 1. The average molecular weight is 325 g/mol. The van der Waals surface area contributed by atoms with E-state index in [-0.39, 0.29) is 0 Å². The van der Waals surface area contributed by atoms with Gasteiger partial charge in [0.1, 0.15) is 5.82 Å².